The van der Waals surface area contributed by atoms with Gasteiger partial charge in [0, 0.05) is 26.2 Å². The number of aliphatic hydroxyl groups excluding tert-OH is 1. The Balaban J connectivity index is 1.66. The van der Waals surface area contributed by atoms with Crippen LogP contribution in [0.2, 0.25) is 0 Å². The molecule has 2 nitrogen and oxygen atoms in total. The van der Waals surface area contributed by atoms with Gasteiger partial charge in [0.2, 0.25) is 0 Å². The number of likely N-dealkylation sites (tertiary alicyclic amines) is 1. The second-order valence-electron chi connectivity index (χ2n) is 5.31. The molecule has 1 saturated carbocycles. The molecule has 1 N–H and O–H groups in total. The molecule has 1 aliphatic heterocycles. The lowest BCUT2D eigenvalue weighted by atomic mass is 9.63. The molecule has 2 fully saturated rings. The van der Waals surface area contributed by atoms with Crippen molar-refractivity contribution in [3.05, 3.63) is 0 Å². The van der Waals surface area contributed by atoms with Gasteiger partial charge in [-0.25, -0.2) is 0 Å². The summed E-state index contributed by atoms with van der Waals surface area (Å²) in [6.45, 7) is 6.50. The van der Waals surface area contributed by atoms with E-state index in [1.807, 2.05) is 0 Å². The molecule has 1 heterocycles. The van der Waals surface area contributed by atoms with E-state index >= 15 is 0 Å². The van der Waals surface area contributed by atoms with E-state index in [9.17, 15) is 0 Å². The molecule has 1 unspecified atom stereocenters. The van der Waals surface area contributed by atoms with Crippen molar-refractivity contribution in [1.29, 1.82) is 0 Å². The molecule has 1 aliphatic carbocycles. The Kier molecular flexibility index (Phi) is 3.13. The van der Waals surface area contributed by atoms with Gasteiger partial charge in [-0.3, -0.25) is 0 Å². The van der Waals surface area contributed by atoms with E-state index in [4.69, 9.17) is 5.11 Å². The van der Waals surface area contributed by atoms with Crippen LogP contribution in [0.1, 0.15) is 39.0 Å². The largest absolute Gasteiger partial charge is 0.396 e. The van der Waals surface area contributed by atoms with Crippen molar-refractivity contribution in [1.82, 2.24) is 4.90 Å². The molecule has 0 radical (unpaired) electrons. The fraction of sp³-hybridized carbons (Fsp3) is 1.00. The lowest BCUT2D eigenvalue weighted by molar-refractivity contribution is -0.0677. The highest BCUT2D eigenvalue weighted by Gasteiger charge is 2.46. The molecule has 14 heavy (non-hydrogen) atoms. The van der Waals surface area contributed by atoms with Crippen molar-refractivity contribution >= 4 is 0 Å². The third kappa shape index (κ3) is 1.96. The highest BCUT2D eigenvalue weighted by Crippen LogP contribution is 2.48. The average molecular weight is 197 g/mol. The number of aliphatic hydroxyl groups is 1. The Hall–Kier alpha value is -0.0800. The fourth-order valence-corrected chi connectivity index (χ4v) is 3.00. The molecular formula is C12H23NO. The first kappa shape index (κ1) is 10.4. The maximum absolute atomic E-state index is 8.91. The second-order valence-corrected chi connectivity index (χ2v) is 5.31. The Morgan fingerprint density at radius 1 is 1.36 bits per heavy atom. The minimum absolute atomic E-state index is 0.359. The van der Waals surface area contributed by atoms with Gasteiger partial charge in [0.15, 0.2) is 0 Å². The van der Waals surface area contributed by atoms with Crippen molar-refractivity contribution in [3.8, 4) is 0 Å². The fourth-order valence-electron chi connectivity index (χ4n) is 3.00. The maximum Gasteiger partial charge on any atom is 0.0434 e. The van der Waals surface area contributed by atoms with Gasteiger partial charge in [0.25, 0.3) is 0 Å². The predicted octanol–water partition coefficient (Wildman–Crippen LogP) is 1.88. The van der Waals surface area contributed by atoms with Crippen LogP contribution in [0.5, 0.6) is 0 Å². The standard InChI is InChI=1S/C12H23NO/c1-2-11(4-7-14)8-13-9-12(10-13)5-3-6-12/h11,14H,2-10H2,1H3. The zero-order valence-electron chi connectivity index (χ0n) is 9.34. The lowest BCUT2D eigenvalue weighted by Crippen LogP contribution is -2.60. The smallest absolute Gasteiger partial charge is 0.0434 e. The number of hydrogen-bond donors (Lipinski definition) is 1. The molecule has 0 amide bonds. The Bertz CT molecular complexity index is 181. The summed E-state index contributed by atoms with van der Waals surface area (Å²) in [7, 11) is 0. The van der Waals surface area contributed by atoms with E-state index in [-0.39, 0.29) is 0 Å². The summed E-state index contributed by atoms with van der Waals surface area (Å²) in [6.07, 6.45) is 6.60. The van der Waals surface area contributed by atoms with Gasteiger partial charge in [-0.05, 0) is 30.6 Å². The summed E-state index contributed by atoms with van der Waals surface area (Å²) in [5, 5.41) is 8.91. The van der Waals surface area contributed by atoms with Crippen LogP contribution in [-0.2, 0) is 0 Å². The molecule has 82 valence electrons. The molecule has 0 bridgehead atoms. The van der Waals surface area contributed by atoms with Gasteiger partial charge in [0.05, 0.1) is 0 Å². The SMILES string of the molecule is CCC(CCO)CN1CC2(CCC2)C1. The first-order valence-electron chi connectivity index (χ1n) is 6.11. The molecule has 2 rings (SSSR count). The summed E-state index contributed by atoms with van der Waals surface area (Å²) in [5.74, 6) is 0.720. The molecule has 1 spiro atoms. The Morgan fingerprint density at radius 2 is 2.07 bits per heavy atom. The van der Waals surface area contributed by atoms with E-state index < -0.39 is 0 Å². The van der Waals surface area contributed by atoms with Gasteiger partial charge in [-0.2, -0.15) is 0 Å². The van der Waals surface area contributed by atoms with Crippen molar-refractivity contribution in [2.24, 2.45) is 11.3 Å². The summed E-state index contributed by atoms with van der Waals surface area (Å²) >= 11 is 0. The number of nitrogens with zero attached hydrogens (tertiary/aromatic N) is 1. The first-order chi connectivity index (χ1) is 6.78. The van der Waals surface area contributed by atoms with Gasteiger partial charge < -0.3 is 10.0 Å². The summed E-state index contributed by atoms with van der Waals surface area (Å²) in [5.41, 5.74) is 0.761. The van der Waals surface area contributed by atoms with Crippen LogP contribution in [0.25, 0.3) is 0 Å². The molecule has 0 aromatic carbocycles. The van der Waals surface area contributed by atoms with E-state index in [1.165, 1.54) is 45.3 Å². The van der Waals surface area contributed by atoms with Crippen LogP contribution in [-0.4, -0.2) is 36.2 Å². The molecule has 0 aromatic heterocycles. The monoisotopic (exact) mass is 197 g/mol. The molecule has 1 atom stereocenters. The van der Waals surface area contributed by atoms with Crippen molar-refractivity contribution in [2.45, 2.75) is 39.0 Å². The van der Waals surface area contributed by atoms with Gasteiger partial charge in [0.1, 0.15) is 0 Å². The van der Waals surface area contributed by atoms with Crippen molar-refractivity contribution in [3.63, 3.8) is 0 Å². The molecule has 2 aliphatic rings. The minimum atomic E-state index is 0.359. The summed E-state index contributed by atoms with van der Waals surface area (Å²) in [6, 6.07) is 0. The van der Waals surface area contributed by atoms with Crippen LogP contribution < -0.4 is 0 Å². The van der Waals surface area contributed by atoms with Crippen LogP contribution in [0.4, 0.5) is 0 Å². The third-order valence-electron chi connectivity index (χ3n) is 4.16. The summed E-state index contributed by atoms with van der Waals surface area (Å²) in [4.78, 5) is 2.59. The Labute approximate surface area is 87.3 Å². The molecule has 0 aromatic rings. The second kappa shape index (κ2) is 4.19. The van der Waals surface area contributed by atoms with Gasteiger partial charge >= 0.3 is 0 Å². The van der Waals surface area contributed by atoms with Gasteiger partial charge in [-0.1, -0.05) is 19.8 Å². The Morgan fingerprint density at radius 3 is 2.50 bits per heavy atom. The van der Waals surface area contributed by atoms with E-state index in [1.54, 1.807) is 0 Å². The predicted molar refractivity (Wildman–Crippen MR) is 58.2 cm³/mol. The maximum atomic E-state index is 8.91. The normalized spacial score (nSPS) is 27.0. The van der Waals surface area contributed by atoms with E-state index in [0.29, 0.717) is 6.61 Å². The highest BCUT2D eigenvalue weighted by molar-refractivity contribution is 5.00. The lowest BCUT2D eigenvalue weighted by Gasteiger charge is -2.56. The van der Waals surface area contributed by atoms with Crippen LogP contribution in [0.3, 0.4) is 0 Å². The molecule has 1 saturated heterocycles. The quantitative estimate of drug-likeness (QED) is 0.727. The number of hydrogen-bond acceptors (Lipinski definition) is 2. The van der Waals surface area contributed by atoms with Crippen LogP contribution >= 0.6 is 0 Å². The first-order valence-corrected chi connectivity index (χ1v) is 6.11. The van der Waals surface area contributed by atoms with Gasteiger partial charge in [-0.15, -0.1) is 0 Å². The van der Waals surface area contributed by atoms with E-state index in [2.05, 4.69) is 11.8 Å². The molecular weight excluding hydrogens is 174 g/mol. The zero-order valence-corrected chi connectivity index (χ0v) is 9.34. The summed E-state index contributed by atoms with van der Waals surface area (Å²) < 4.78 is 0. The van der Waals surface area contributed by atoms with E-state index in [0.717, 1.165) is 17.8 Å². The highest BCUT2D eigenvalue weighted by atomic mass is 16.3. The third-order valence-corrected chi connectivity index (χ3v) is 4.16. The number of rotatable bonds is 5. The minimum Gasteiger partial charge on any atom is -0.396 e. The van der Waals surface area contributed by atoms with Crippen molar-refractivity contribution < 1.29 is 5.11 Å². The molecule has 2 heteroatoms. The topological polar surface area (TPSA) is 23.5 Å². The van der Waals surface area contributed by atoms with Crippen LogP contribution in [0.15, 0.2) is 0 Å². The van der Waals surface area contributed by atoms with Crippen molar-refractivity contribution in [2.75, 3.05) is 26.2 Å². The van der Waals surface area contributed by atoms with Crippen LogP contribution in [0, 0.1) is 11.3 Å². The average Bonchev–Trinajstić information content (AvgIpc) is 2.05. The zero-order chi connectivity index (χ0) is 10.0.